The molecule has 0 aliphatic heterocycles. The summed E-state index contributed by atoms with van der Waals surface area (Å²) in [6.45, 7) is 3.67. The summed E-state index contributed by atoms with van der Waals surface area (Å²) in [7, 11) is -2.00. The highest BCUT2D eigenvalue weighted by molar-refractivity contribution is 9.10. The van der Waals surface area contributed by atoms with Crippen molar-refractivity contribution < 1.29 is 22.8 Å². The molecule has 158 valence electrons. The van der Waals surface area contributed by atoms with E-state index >= 15 is 0 Å². The van der Waals surface area contributed by atoms with Gasteiger partial charge in [-0.15, -0.1) is 0 Å². The highest BCUT2D eigenvalue weighted by Crippen LogP contribution is 2.34. The van der Waals surface area contributed by atoms with E-state index in [1.54, 1.807) is 26.0 Å². The van der Waals surface area contributed by atoms with Gasteiger partial charge < -0.3 is 14.8 Å². The van der Waals surface area contributed by atoms with Gasteiger partial charge in [0, 0.05) is 22.5 Å². The maximum Gasteiger partial charge on any atom is 0.315 e. The Hall–Kier alpha value is -2.47. The van der Waals surface area contributed by atoms with Crippen molar-refractivity contribution in [2.45, 2.75) is 19.9 Å². The number of sulfone groups is 1. The molecule has 2 aromatic rings. The highest BCUT2D eigenvalue weighted by Gasteiger charge is 2.27. The molecule has 0 amide bonds. The molecule has 1 N–H and O–H groups in total. The van der Waals surface area contributed by atoms with Crippen LogP contribution in [0.5, 0.6) is 11.6 Å². The molecule has 2 aromatic heterocycles. The molecule has 0 radical (unpaired) electrons. The van der Waals surface area contributed by atoms with E-state index in [0.717, 1.165) is 6.26 Å². The number of pyridine rings is 2. The van der Waals surface area contributed by atoms with Crippen LogP contribution in [0.3, 0.4) is 0 Å². The van der Waals surface area contributed by atoms with E-state index in [1.807, 2.05) is 0 Å². The lowest BCUT2D eigenvalue weighted by Crippen LogP contribution is -2.23. The minimum absolute atomic E-state index is 0.0556. The zero-order valence-electron chi connectivity index (χ0n) is 16.3. The van der Waals surface area contributed by atoms with E-state index < -0.39 is 20.8 Å². The number of nitrogens with zero attached hydrogens (tertiary/aromatic N) is 3. The molecular weight excluding hydrogens is 468 g/mol. The summed E-state index contributed by atoms with van der Waals surface area (Å²) in [6, 6.07) is 2.27. The van der Waals surface area contributed by atoms with Crippen LogP contribution in [-0.4, -0.2) is 49.0 Å². The van der Waals surface area contributed by atoms with Crippen LogP contribution in [-0.2, 0) is 9.84 Å². The van der Waals surface area contributed by atoms with Gasteiger partial charge in [-0.2, -0.15) is 0 Å². The maximum absolute atomic E-state index is 12.0. The SMILES string of the molecule is CCOc1nc(C(CS(C)(=O)=O)Nc2ncc(Br)c(C)c2[N+](=O)[O-])ccc1OC. The molecule has 1 atom stereocenters. The second kappa shape index (κ2) is 9.35. The smallest absolute Gasteiger partial charge is 0.315 e. The quantitative estimate of drug-likeness (QED) is 0.417. The van der Waals surface area contributed by atoms with Crippen LogP contribution in [0.25, 0.3) is 0 Å². The highest BCUT2D eigenvalue weighted by atomic mass is 79.9. The van der Waals surface area contributed by atoms with Crippen molar-refractivity contribution in [3.63, 3.8) is 0 Å². The summed E-state index contributed by atoms with van der Waals surface area (Å²) in [5.41, 5.74) is 0.427. The third-order valence-electron chi connectivity index (χ3n) is 3.91. The minimum atomic E-state index is -3.47. The number of methoxy groups -OCH3 is 1. The molecule has 2 heterocycles. The molecule has 0 spiro atoms. The lowest BCUT2D eigenvalue weighted by molar-refractivity contribution is -0.384. The molecule has 0 aromatic carbocycles. The Morgan fingerprint density at radius 3 is 2.62 bits per heavy atom. The Bertz CT molecular complexity index is 1020. The number of nitro groups is 1. The van der Waals surface area contributed by atoms with Crippen LogP contribution in [0, 0.1) is 17.0 Å². The molecule has 1 unspecified atom stereocenters. The molecular formula is C17H21BrN4O6S. The number of anilines is 1. The number of halogens is 1. The fourth-order valence-electron chi connectivity index (χ4n) is 2.60. The van der Waals surface area contributed by atoms with E-state index in [-0.39, 0.29) is 23.1 Å². The van der Waals surface area contributed by atoms with Crippen LogP contribution < -0.4 is 14.8 Å². The predicted octanol–water partition coefficient (Wildman–Crippen LogP) is 3.06. The van der Waals surface area contributed by atoms with Crippen molar-refractivity contribution in [1.29, 1.82) is 0 Å². The summed E-state index contributed by atoms with van der Waals surface area (Å²) in [5, 5.41) is 14.4. The zero-order chi connectivity index (χ0) is 21.8. The fourth-order valence-corrected chi connectivity index (χ4v) is 3.75. The van der Waals surface area contributed by atoms with Gasteiger partial charge in [-0.05, 0) is 41.9 Å². The molecule has 10 nitrogen and oxygen atoms in total. The molecule has 29 heavy (non-hydrogen) atoms. The normalized spacial score (nSPS) is 12.3. The minimum Gasteiger partial charge on any atom is -0.491 e. The van der Waals surface area contributed by atoms with Crippen LogP contribution in [0.2, 0.25) is 0 Å². The van der Waals surface area contributed by atoms with Gasteiger partial charge in [-0.1, -0.05) is 0 Å². The molecule has 2 rings (SSSR count). The zero-order valence-corrected chi connectivity index (χ0v) is 18.7. The third kappa shape index (κ3) is 5.76. The Balaban J connectivity index is 2.55. The Kier molecular flexibility index (Phi) is 7.36. The van der Waals surface area contributed by atoms with Gasteiger partial charge in [0.15, 0.2) is 5.75 Å². The first-order valence-electron chi connectivity index (χ1n) is 8.48. The topological polar surface area (TPSA) is 134 Å². The monoisotopic (exact) mass is 488 g/mol. The van der Waals surface area contributed by atoms with Gasteiger partial charge >= 0.3 is 5.69 Å². The first-order valence-corrected chi connectivity index (χ1v) is 11.3. The second-order valence-corrected chi connectivity index (χ2v) is 9.19. The van der Waals surface area contributed by atoms with Gasteiger partial charge in [0.05, 0.1) is 36.1 Å². The average molecular weight is 489 g/mol. The number of nitrogens with one attached hydrogen (secondary N) is 1. The Morgan fingerprint density at radius 1 is 1.38 bits per heavy atom. The fraction of sp³-hybridized carbons (Fsp3) is 0.412. The average Bonchev–Trinajstić information content (AvgIpc) is 2.63. The number of hydrogen-bond donors (Lipinski definition) is 1. The van der Waals surface area contributed by atoms with Crippen LogP contribution in [0.1, 0.15) is 24.2 Å². The van der Waals surface area contributed by atoms with E-state index in [0.29, 0.717) is 28.1 Å². The Morgan fingerprint density at radius 2 is 2.07 bits per heavy atom. The summed E-state index contributed by atoms with van der Waals surface area (Å²) in [6.07, 6.45) is 2.48. The lowest BCUT2D eigenvalue weighted by atomic mass is 10.2. The molecule has 0 bridgehead atoms. The van der Waals surface area contributed by atoms with Gasteiger partial charge in [0.2, 0.25) is 5.82 Å². The third-order valence-corrected chi connectivity index (χ3v) is 5.65. The number of ether oxygens (including phenoxy) is 2. The van der Waals surface area contributed by atoms with Crippen molar-refractivity contribution in [3.8, 4) is 11.6 Å². The van der Waals surface area contributed by atoms with Crippen molar-refractivity contribution in [2.75, 3.05) is 31.0 Å². The molecule has 0 aliphatic rings. The summed E-state index contributed by atoms with van der Waals surface area (Å²) >= 11 is 3.22. The van der Waals surface area contributed by atoms with Crippen molar-refractivity contribution in [2.24, 2.45) is 0 Å². The summed E-state index contributed by atoms with van der Waals surface area (Å²) < 4.78 is 35.1. The van der Waals surface area contributed by atoms with Gasteiger partial charge in [0.25, 0.3) is 5.88 Å². The van der Waals surface area contributed by atoms with Crippen molar-refractivity contribution >= 4 is 37.3 Å². The van der Waals surface area contributed by atoms with Gasteiger partial charge in [0.1, 0.15) is 9.84 Å². The molecule has 0 saturated heterocycles. The van der Waals surface area contributed by atoms with Gasteiger partial charge in [-0.3, -0.25) is 10.1 Å². The largest absolute Gasteiger partial charge is 0.491 e. The lowest BCUT2D eigenvalue weighted by Gasteiger charge is -2.20. The number of hydrogen-bond acceptors (Lipinski definition) is 9. The van der Waals surface area contributed by atoms with Gasteiger partial charge in [-0.25, -0.2) is 18.4 Å². The van der Waals surface area contributed by atoms with E-state index in [4.69, 9.17) is 9.47 Å². The first-order chi connectivity index (χ1) is 13.6. The molecule has 0 saturated carbocycles. The molecule has 0 aliphatic carbocycles. The van der Waals surface area contributed by atoms with E-state index in [9.17, 15) is 18.5 Å². The standard InChI is InChI=1S/C17H21BrN4O6S/c1-5-28-17-14(27-3)7-6-12(21-17)13(9-29(4,25)26)20-16-15(22(23)24)10(2)11(18)8-19-16/h6-8,13H,5,9H2,1-4H3,(H,19,20). The second-order valence-electron chi connectivity index (χ2n) is 6.15. The summed E-state index contributed by atoms with van der Waals surface area (Å²) in [4.78, 5) is 19.4. The first kappa shape index (κ1) is 22.8. The number of aromatic nitrogens is 2. The number of rotatable bonds is 9. The van der Waals surface area contributed by atoms with E-state index in [2.05, 4.69) is 31.2 Å². The van der Waals surface area contributed by atoms with Crippen LogP contribution >= 0.6 is 15.9 Å². The predicted molar refractivity (Wildman–Crippen MR) is 111 cm³/mol. The van der Waals surface area contributed by atoms with E-state index in [1.165, 1.54) is 13.3 Å². The van der Waals surface area contributed by atoms with Crippen molar-refractivity contribution in [1.82, 2.24) is 9.97 Å². The van der Waals surface area contributed by atoms with Crippen molar-refractivity contribution in [3.05, 3.63) is 44.2 Å². The maximum atomic E-state index is 12.0. The molecule has 0 fully saturated rings. The summed E-state index contributed by atoms with van der Waals surface area (Å²) in [5.74, 6) is 0.172. The van der Waals surface area contributed by atoms with Crippen LogP contribution in [0.15, 0.2) is 22.8 Å². The molecule has 12 heteroatoms. The Labute approximate surface area is 176 Å². The van der Waals surface area contributed by atoms with Crippen LogP contribution in [0.4, 0.5) is 11.5 Å².